The second kappa shape index (κ2) is 5.13. The van der Waals surface area contributed by atoms with Gasteiger partial charge in [-0.05, 0) is 18.2 Å². The van der Waals surface area contributed by atoms with E-state index in [0.29, 0.717) is 6.54 Å². The van der Waals surface area contributed by atoms with Crippen molar-refractivity contribution in [2.45, 2.75) is 12.7 Å². The molecule has 2 aromatic rings. The van der Waals surface area contributed by atoms with Gasteiger partial charge in [-0.2, -0.15) is 13.2 Å². The van der Waals surface area contributed by atoms with Crippen LogP contribution in [0.3, 0.4) is 0 Å². The van der Waals surface area contributed by atoms with Gasteiger partial charge >= 0.3 is 6.18 Å². The van der Waals surface area contributed by atoms with E-state index in [-0.39, 0.29) is 11.5 Å². The highest BCUT2D eigenvalue weighted by atomic mass is 19.4. The zero-order valence-electron chi connectivity index (χ0n) is 9.78. The SMILES string of the molecule is Nc1cc(C(F)(F)F)cnc1NCc1ccccn1. The molecule has 0 aliphatic heterocycles. The molecule has 0 spiro atoms. The molecular weight excluding hydrogens is 257 g/mol. The molecule has 0 unspecified atom stereocenters. The van der Waals surface area contributed by atoms with Gasteiger partial charge in [-0.15, -0.1) is 0 Å². The zero-order chi connectivity index (χ0) is 13.9. The second-order valence-corrected chi connectivity index (χ2v) is 3.83. The van der Waals surface area contributed by atoms with E-state index < -0.39 is 11.7 Å². The number of hydrogen-bond donors (Lipinski definition) is 2. The van der Waals surface area contributed by atoms with Crippen molar-refractivity contribution in [3.8, 4) is 0 Å². The maximum Gasteiger partial charge on any atom is 0.417 e. The smallest absolute Gasteiger partial charge is 0.396 e. The molecule has 7 heteroatoms. The molecule has 100 valence electrons. The Morgan fingerprint density at radius 1 is 1.21 bits per heavy atom. The molecule has 0 radical (unpaired) electrons. The first-order valence-corrected chi connectivity index (χ1v) is 5.43. The number of nitrogen functional groups attached to an aromatic ring is 1. The van der Waals surface area contributed by atoms with E-state index in [2.05, 4.69) is 15.3 Å². The molecule has 0 aliphatic carbocycles. The number of alkyl halides is 3. The number of nitrogens with one attached hydrogen (secondary N) is 1. The van der Waals surface area contributed by atoms with Crippen LogP contribution >= 0.6 is 0 Å². The third-order valence-electron chi connectivity index (χ3n) is 2.41. The summed E-state index contributed by atoms with van der Waals surface area (Å²) in [6.07, 6.45) is -2.07. The minimum Gasteiger partial charge on any atom is -0.396 e. The average molecular weight is 268 g/mol. The van der Waals surface area contributed by atoms with Gasteiger partial charge in [0.25, 0.3) is 0 Å². The van der Waals surface area contributed by atoms with Crippen molar-refractivity contribution in [2.75, 3.05) is 11.1 Å². The van der Waals surface area contributed by atoms with Crippen molar-refractivity contribution in [1.82, 2.24) is 9.97 Å². The Bertz CT molecular complexity index is 555. The van der Waals surface area contributed by atoms with E-state index in [1.165, 1.54) is 0 Å². The summed E-state index contributed by atoms with van der Waals surface area (Å²) in [4.78, 5) is 7.75. The Morgan fingerprint density at radius 3 is 2.58 bits per heavy atom. The van der Waals surface area contributed by atoms with Crippen LogP contribution in [0, 0.1) is 0 Å². The van der Waals surface area contributed by atoms with Crippen LogP contribution in [0.5, 0.6) is 0 Å². The second-order valence-electron chi connectivity index (χ2n) is 3.83. The average Bonchev–Trinajstić information content (AvgIpc) is 2.37. The maximum absolute atomic E-state index is 12.4. The van der Waals surface area contributed by atoms with E-state index >= 15 is 0 Å². The molecule has 2 heterocycles. The number of nitrogens with two attached hydrogens (primary N) is 1. The monoisotopic (exact) mass is 268 g/mol. The van der Waals surface area contributed by atoms with E-state index in [4.69, 9.17) is 5.73 Å². The standard InChI is InChI=1S/C12H11F3N4/c13-12(14,15)8-5-10(16)11(18-6-8)19-7-9-3-1-2-4-17-9/h1-6H,7,16H2,(H,18,19). The van der Waals surface area contributed by atoms with E-state index in [1.807, 2.05) is 6.07 Å². The molecule has 0 saturated heterocycles. The fourth-order valence-electron chi connectivity index (χ4n) is 1.46. The van der Waals surface area contributed by atoms with Gasteiger partial charge < -0.3 is 11.1 Å². The van der Waals surface area contributed by atoms with Gasteiger partial charge in [0.05, 0.1) is 23.5 Å². The Kier molecular flexibility index (Phi) is 3.55. The van der Waals surface area contributed by atoms with Crippen molar-refractivity contribution in [1.29, 1.82) is 0 Å². The Balaban J connectivity index is 2.10. The largest absolute Gasteiger partial charge is 0.417 e. The number of pyridine rings is 2. The number of rotatable bonds is 3. The summed E-state index contributed by atoms with van der Waals surface area (Å²) in [5.41, 5.74) is 5.36. The van der Waals surface area contributed by atoms with Gasteiger partial charge in [0.1, 0.15) is 5.82 Å². The third kappa shape index (κ3) is 3.34. The lowest BCUT2D eigenvalue weighted by Gasteiger charge is -2.11. The number of aromatic nitrogens is 2. The molecule has 0 fully saturated rings. The predicted molar refractivity (Wildman–Crippen MR) is 65.2 cm³/mol. The molecule has 0 saturated carbocycles. The number of nitrogens with zero attached hydrogens (tertiary/aromatic N) is 2. The minimum atomic E-state index is -4.44. The van der Waals surface area contributed by atoms with Gasteiger partial charge in [0, 0.05) is 12.4 Å². The van der Waals surface area contributed by atoms with Crippen molar-refractivity contribution in [3.63, 3.8) is 0 Å². The highest BCUT2D eigenvalue weighted by Crippen LogP contribution is 2.31. The topological polar surface area (TPSA) is 63.8 Å². The van der Waals surface area contributed by atoms with Crippen molar-refractivity contribution in [3.05, 3.63) is 47.9 Å². The van der Waals surface area contributed by atoms with E-state index in [1.54, 1.807) is 18.3 Å². The van der Waals surface area contributed by atoms with Crippen molar-refractivity contribution < 1.29 is 13.2 Å². The molecule has 0 amide bonds. The summed E-state index contributed by atoms with van der Waals surface area (Å²) < 4.78 is 37.3. The van der Waals surface area contributed by atoms with Gasteiger partial charge in [0.2, 0.25) is 0 Å². The molecule has 19 heavy (non-hydrogen) atoms. The van der Waals surface area contributed by atoms with Crippen LogP contribution in [0.25, 0.3) is 0 Å². The maximum atomic E-state index is 12.4. The van der Waals surface area contributed by atoms with Gasteiger partial charge in [-0.1, -0.05) is 6.07 Å². The van der Waals surface area contributed by atoms with Gasteiger partial charge in [-0.3, -0.25) is 4.98 Å². The normalized spacial score (nSPS) is 11.3. The first-order chi connectivity index (χ1) is 8.97. The predicted octanol–water partition coefficient (Wildman–Crippen LogP) is 2.69. The summed E-state index contributed by atoms with van der Waals surface area (Å²) in [7, 11) is 0. The molecular formula is C12H11F3N4. The van der Waals surface area contributed by atoms with Crippen LogP contribution in [0.4, 0.5) is 24.7 Å². The minimum absolute atomic E-state index is 0.0502. The Hall–Kier alpha value is -2.31. The molecule has 0 aliphatic rings. The van der Waals surface area contributed by atoms with Crippen LogP contribution in [0.2, 0.25) is 0 Å². The molecule has 3 N–H and O–H groups in total. The zero-order valence-corrected chi connectivity index (χ0v) is 9.78. The van der Waals surface area contributed by atoms with Crippen LogP contribution in [-0.4, -0.2) is 9.97 Å². The Morgan fingerprint density at radius 2 is 2.00 bits per heavy atom. The number of anilines is 2. The lowest BCUT2D eigenvalue weighted by atomic mass is 10.2. The fraction of sp³-hybridized carbons (Fsp3) is 0.167. The summed E-state index contributed by atoms with van der Waals surface area (Å²) in [6.45, 7) is 0.337. The first kappa shape index (κ1) is 13.1. The van der Waals surface area contributed by atoms with Crippen molar-refractivity contribution >= 4 is 11.5 Å². The van der Waals surface area contributed by atoms with E-state index in [0.717, 1.165) is 18.0 Å². The van der Waals surface area contributed by atoms with Crippen LogP contribution in [0.1, 0.15) is 11.3 Å². The lowest BCUT2D eigenvalue weighted by molar-refractivity contribution is -0.137. The number of hydrogen-bond acceptors (Lipinski definition) is 4. The van der Waals surface area contributed by atoms with E-state index in [9.17, 15) is 13.2 Å². The molecule has 0 aromatic carbocycles. The van der Waals surface area contributed by atoms with Gasteiger partial charge in [0.15, 0.2) is 0 Å². The highest BCUT2D eigenvalue weighted by molar-refractivity contribution is 5.62. The molecule has 0 atom stereocenters. The Labute approximate surface area is 107 Å². The van der Waals surface area contributed by atoms with Gasteiger partial charge in [-0.25, -0.2) is 4.98 Å². The molecule has 2 aromatic heterocycles. The summed E-state index contributed by atoms with van der Waals surface area (Å²) in [5, 5.41) is 2.84. The highest BCUT2D eigenvalue weighted by Gasteiger charge is 2.31. The van der Waals surface area contributed by atoms with Crippen molar-refractivity contribution in [2.24, 2.45) is 0 Å². The molecule has 4 nitrogen and oxygen atoms in total. The number of halogens is 3. The molecule has 0 bridgehead atoms. The summed E-state index contributed by atoms with van der Waals surface area (Å²) >= 11 is 0. The summed E-state index contributed by atoms with van der Waals surface area (Å²) in [6, 6.07) is 6.23. The van der Waals surface area contributed by atoms with Crippen LogP contribution in [-0.2, 0) is 12.7 Å². The third-order valence-corrected chi connectivity index (χ3v) is 2.41. The molecule has 2 rings (SSSR count). The van der Waals surface area contributed by atoms with Crippen LogP contribution in [0.15, 0.2) is 36.7 Å². The lowest BCUT2D eigenvalue weighted by Crippen LogP contribution is -2.10. The first-order valence-electron chi connectivity index (χ1n) is 5.43. The fourth-order valence-corrected chi connectivity index (χ4v) is 1.46. The summed E-state index contributed by atoms with van der Waals surface area (Å²) in [5.74, 6) is 0.207. The quantitative estimate of drug-likeness (QED) is 0.898. The van der Waals surface area contributed by atoms with Crippen LogP contribution < -0.4 is 11.1 Å².